The molecular formula is C13H13F3N2O3S. The number of carbonyl (C=O) groups is 2. The quantitative estimate of drug-likeness (QED) is 0.914. The number of benzene rings is 1. The first-order valence-corrected chi connectivity index (χ1v) is 7.32. The Hall–Kier alpha value is -1.90. The summed E-state index contributed by atoms with van der Waals surface area (Å²) in [5.41, 5.74) is 0.474. The van der Waals surface area contributed by atoms with E-state index < -0.39 is 11.7 Å². The number of rotatable bonds is 4. The van der Waals surface area contributed by atoms with Crippen molar-refractivity contribution in [2.24, 2.45) is 0 Å². The molecule has 1 fully saturated rings. The number of nitrogens with one attached hydrogen (secondary N) is 1. The molecule has 0 bridgehead atoms. The van der Waals surface area contributed by atoms with Crippen LogP contribution in [0.4, 0.5) is 13.2 Å². The molecule has 0 saturated carbocycles. The zero-order valence-corrected chi connectivity index (χ0v) is 12.3. The molecule has 5 nitrogen and oxygen atoms in total. The Kier molecular flexibility index (Phi) is 4.84. The third kappa shape index (κ3) is 4.06. The van der Waals surface area contributed by atoms with Crippen LogP contribution in [0.3, 0.4) is 0 Å². The Labute approximate surface area is 128 Å². The van der Waals surface area contributed by atoms with Gasteiger partial charge in [-0.3, -0.25) is 9.59 Å². The molecule has 9 heteroatoms. The van der Waals surface area contributed by atoms with Gasteiger partial charge in [0, 0.05) is 7.05 Å². The zero-order chi connectivity index (χ0) is 16.3. The smallest absolute Gasteiger partial charge is 0.406 e. The highest BCUT2D eigenvalue weighted by atomic mass is 32.2. The first kappa shape index (κ1) is 16.5. The summed E-state index contributed by atoms with van der Waals surface area (Å²) in [7, 11) is 1.45. The van der Waals surface area contributed by atoms with Gasteiger partial charge in [-0.2, -0.15) is 0 Å². The van der Waals surface area contributed by atoms with Crippen molar-refractivity contribution in [3.63, 3.8) is 0 Å². The Morgan fingerprint density at radius 2 is 2.23 bits per heavy atom. The molecular weight excluding hydrogens is 321 g/mol. The first-order valence-electron chi connectivity index (χ1n) is 6.27. The van der Waals surface area contributed by atoms with Gasteiger partial charge in [0.05, 0.1) is 5.75 Å². The average molecular weight is 334 g/mol. The van der Waals surface area contributed by atoms with Crippen LogP contribution in [0.25, 0.3) is 0 Å². The van der Waals surface area contributed by atoms with Gasteiger partial charge in [0.25, 0.3) is 0 Å². The van der Waals surface area contributed by atoms with Crippen molar-refractivity contribution in [1.82, 2.24) is 10.2 Å². The zero-order valence-electron chi connectivity index (χ0n) is 11.5. The Bertz CT molecular complexity index is 580. The number of ether oxygens (including phenoxy) is 1. The lowest BCUT2D eigenvalue weighted by Crippen LogP contribution is -2.37. The monoisotopic (exact) mass is 334 g/mol. The molecule has 0 aromatic heterocycles. The number of likely N-dealkylation sites (N-methyl/N-ethyl adjacent to an activating group) is 1. The highest BCUT2D eigenvalue weighted by Crippen LogP contribution is 2.39. The van der Waals surface area contributed by atoms with Gasteiger partial charge >= 0.3 is 6.36 Å². The minimum Gasteiger partial charge on any atom is -0.406 e. The Morgan fingerprint density at radius 1 is 1.50 bits per heavy atom. The minimum absolute atomic E-state index is 0.142. The molecule has 1 aromatic rings. The molecule has 2 rings (SSSR count). The van der Waals surface area contributed by atoms with Crippen molar-refractivity contribution in [3.05, 3.63) is 29.8 Å². The van der Waals surface area contributed by atoms with Crippen molar-refractivity contribution < 1.29 is 27.5 Å². The van der Waals surface area contributed by atoms with Crippen LogP contribution in [0.5, 0.6) is 5.75 Å². The highest BCUT2D eigenvalue weighted by molar-refractivity contribution is 8.00. The number of thioether (sulfide) groups is 1. The van der Waals surface area contributed by atoms with Crippen LogP contribution < -0.4 is 10.1 Å². The Balaban J connectivity index is 2.20. The SMILES string of the molecule is CNC(=O)CN1C(=O)CSC1c1cccc(OC(F)(F)F)c1. The maximum Gasteiger partial charge on any atom is 0.573 e. The summed E-state index contributed by atoms with van der Waals surface area (Å²) < 4.78 is 40.7. The predicted molar refractivity (Wildman–Crippen MR) is 74.1 cm³/mol. The largest absolute Gasteiger partial charge is 0.573 e. The molecule has 0 aliphatic carbocycles. The molecule has 0 spiro atoms. The second kappa shape index (κ2) is 6.47. The normalized spacial score (nSPS) is 18.5. The number of hydrogen-bond donors (Lipinski definition) is 1. The molecule has 1 saturated heterocycles. The molecule has 1 heterocycles. The fourth-order valence-electron chi connectivity index (χ4n) is 2.00. The van der Waals surface area contributed by atoms with E-state index in [1.165, 1.54) is 41.9 Å². The molecule has 1 aliphatic heterocycles. The van der Waals surface area contributed by atoms with Crippen LogP contribution in [0, 0.1) is 0 Å². The average Bonchev–Trinajstić information content (AvgIpc) is 2.78. The molecule has 1 aliphatic rings. The van der Waals surface area contributed by atoms with E-state index in [9.17, 15) is 22.8 Å². The number of alkyl halides is 3. The summed E-state index contributed by atoms with van der Waals surface area (Å²) >= 11 is 1.25. The van der Waals surface area contributed by atoms with Crippen LogP contribution in [-0.4, -0.2) is 42.4 Å². The predicted octanol–water partition coefficient (Wildman–Crippen LogP) is 1.91. The first-order chi connectivity index (χ1) is 10.3. The van der Waals surface area contributed by atoms with Gasteiger partial charge < -0.3 is 15.0 Å². The maximum atomic E-state index is 12.3. The van der Waals surface area contributed by atoms with Gasteiger partial charge in [-0.25, -0.2) is 0 Å². The third-order valence-corrected chi connectivity index (χ3v) is 4.19. The van der Waals surface area contributed by atoms with Gasteiger partial charge in [0.2, 0.25) is 11.8 Å². The van der Waals surface area contributed by atoms with E-state index in [2.05, 4.69) is 10.1 Å². The van der Waals surface area contributed by atoms with E-state index >= 15 is 0 Å². The van der Waals surface area contributed by atoms with Crippen LogP contribution >= 0.6 is 11.8 Å². The summed E-state index contributed by atoms with van der Waals surface area (Å²) in [6.07, 6.45) is -4.78. The van der Waals surface area contributed by atoms with Gasteiger partial charge in [-0.1, -0.05) is 12.1 Å². The van der Waals surface area contributed by atoms with Crippen LogP contribution in [0.1, 0.15) is 10.9 Å². The van der Waals surface area contributed by atoms with Crippen LogP contribution in [-0.2, 0) is 9.59 Å². The lowest BCUT2D eigenvalue weighted by Gasteiger charge is -2.23. The van der Waals surface area contributed by atoms with Crippen molar-refractivity contribution in [1.29, 1.82) is 0 Å². The van der Waals surface area contributed by atoms with Crippen LogP contribution in [0.15, 0.2) is 24.3 Å². The van der Waals surface area contributed by atoms with Crippen molar-refractivity contribution in [2.45, 2.75) is 11.7 Å². The van der Waals surface area contributed by atoms with Gasteiger partial charge in [-0.15, -0.1) is 24.9 Å². The lowest BCUT2D eigenvalue weighted by atomic mass is 10.2. The summed E-state index contributed by atoms with van der Waals surface area (Å²) in [6.45, 7) is -0.142. The number of carbonyl (C=O) groups excluding carboxylic acids is 2. The summed E-state index contributed by atoms with van der Waals surface area (Å²) in [4.78, 5) is 24.6. The molecule has 120 valence electrons. The Morgan fingerprint density at radius 3 is 2.86 bits per heavy atom. The molecule has 1 aromatic carbocycles. The van der Waals surface area contributed by atoms with E-state index in [4.69, 9.17) is 0 Å². The van der Waals surface area contributed by atoms with Gasteiger partial charge in [0.15, 0.2) is 0 Å². The number of halogens is 3. The second-order valence-electron chi connectivity index (χ2n) is 4.48. The molecule has 1 atom stereocenters. The molecule has 22 heavy (non-hydrogen) atoms. The van der Waals surface area contributed by atoms with Crippen LogP contribution in [0.2, 0.25) is 0 Å². The van der Waals surface area contributed by atoms with Gasteiger partial charge in [0.1, 0.15) is 17.7 Å². The fourth-order valence-corrected chi connectivity index (χ4v) is 3.18. The van der Waals surface area contributed by atoms with E-state index in [1.54, 1.807) is 6.07 Å². The van der Waals surface area contributed by atoms with Crippen molar-refractivity contribution in [3.8, 4) is 5.75 Å². The van der Waals surface area contributed by atoms with Gasteiger partial charge in [-0.05, 0) is 17.7 Å². The molecule has 2 amide bonds. The van der Waals surface area contributed by atoms with E-state index in [1.807, 2.05) is 0 Å². The minimum atomic E-state index is -4.78. The second-order valence-corrected chi connectivity index (χ2v) is 5.55. The number of hydrogen-bond acceptors (Lipinski definition) is 4. The fraction of sp³-hybridized carbons (Fsp3) is 0.385. The number of amides is 2. The topological polar surface area (TPSA) is 58.6 Å². The third-order valence-electron chi connectivity index (χ3n) is 2.94. The van der Waals surface area contributed by atoms with E-state index in [-0.39, 0.29) is 29.9 Å². The van der Waals surface area contributed by atoms with E-state index in [0.717, 1.165) is 0 Å². The summed E-state index contributed by atoms with van der Waals surface area (Å²) in [5.74, 6) is -0.763. The molecule has 1 N–H and O–H groups in total. The number of nitrogens with zero attached hydrogens (tertiary/aromatic N) is 1. The van der Waals surface area contributed by atoms with Crippen molar-refractivity contribution >= 4 is 23.6 Å². The highest BCUT2D eigenvalue weighted by Gasteiger charge is 2.35. The molecule has 0 radical (unpaired) electrons. The standard InChI is InChI=1S/C13H13F3N2O3S/c1-17-10(19)6-18-11(20)7-22-12(18)8-3-2-4-9(5-8)21-13(14,15)16/h2-5,12H,6-7H2,1H3,(H,17,19). The summed E-state index contributed by atoms with van der Waals surface area (Å²) in [5, 5.41) is 1.90. The summed E-state index contributed by atoms with van der Waals surface area (Å²) in [6, 6.07) is 5.41. The van der Waals surface area contributed by atoms with Crippen molar-refractivity contribution in [2.75, 3.05) is 19.3 Å². The molecule has 1 unspecified atom stereocenters. The maximum absolute atomic E-state index is 12.3. The van der Waals surface area contributed by atoms with E-state index in [0.29, 0.717) is 5.56 Å². The lowest BCUT2D eigenvalue weighted by molar-refractivity contribution is -0.274.